The third-order valence-electron chi connectivity index (χ3n) is 6.33. The maximum atomic E-state index is 12.9. The van der Waals surface area contributed by atoms with E-state index in [0.29, 0.717) is 34.5 Å². The van der Waals surface area contributed by atoms with E-state index in [2.05, 4.69) is 44.8 Å². The number of hydrogen-bond acceptors (Lipinski definition) is 6. The van der Waals surface area contributed by atoms with Crippen molar-refractivity contribution in [3.63, 3.8) is 0 Å². The van der Waals surface area contributed by atoms with Gasteiger partial charge in [0, 0.05) is 17.7 Å². The van der Waals surface area contributed by atoms with Crippen molar-refractivity contribution in [3.8, 4) is 5.75 Å². The smallest absolute Gasteiger partial charge is 0.387 e. The van der Waals surface area contributed by atoms with Crippen LogP contribution in [0.3, 0.4) is 0 Å². The Balaban J connectivity index is 1.43. The molecule has 0 bridgehead atoms. The summed E-state index contributed by atoms with van der Waals surface area (Å²) >= 11 is 1.51. The predicted octanol–water partition coefficient (Wildman–Crippen LogP) is 6.73. The van der Waals surface area contributed by atoms with Crippen LogP contribution >= 0.6 is 11.8 Å². The number of halogens is 2. The van der Waals surface area contributed by atoms with E-state index in [-0.39, 0.29) is 17.5 Å². The molecule has 3 aromatic carbocycles. The van der Waals surface area contributed by atoms with Gasteiger partial charge < -0.3 is 10.5 Å². The number of benzene rings is 3. The van der Waals surface area contributed by atoms with Crippen molar-refractivity contribution >= 4 is 52.6 Å². The molecule has 0 radical (unpaired) electrons. The number of carbonyl (C=O) groups is 1. The zero-order chi connectivity index (χ0) is 29.2. The van der Waals surface area contributed by atoms with Crippen molar-refractivity contribution in [1.82, 2.24) is 0 Å². The number of nitrogens with two attached hydrogens (primary N) is 1. The number of anilines is 1. The first kappa shape index (κ1) is 29.6. The fourth-order valence-corrected chi connectivity index (χ4v) is 4.88. The van der Waals surface area contributed by atoms with Crippen molar-refractivity contribution < 1.29 is 18.3 Å². The van der Waals surface area contributed by atoms with Gasteiger partial charge in [-0.1, -0.05) is 68.1 Å². The summed E-state index contributed by atoms with van der Waals surface area (Å²) < 4.78 is 28.8. The lowest BCUT2D eigenvalue weighted by molar-refractivity contribution is -0.117. The average molecular weight is 577 g/mol. The Morgan fingerprint density at radius 2 is 1.83 bits per heavy atom. The molecule has 1 aliphatic heterocycles. The van der Waals surface area contributed by atoms with Gasteiger partial charge in [0.25, 0.3) is 0 Å². The van der Waals surface area contributed by atoms with Gasteiger partial charge in [0.2, 0.25) is 5.91 Å². The summed E-state index contributed by atoms with van der Waals surface area (Å²) in [7, 11) is 0. The van der Waals surface area contributed by atoms with Crippen molar-refractivity contribution in [2.75, 3.05) is 10.7 Å². The van der Waals surface area contributed by atoms with Crippen molar-refractivity contribution in [2.24, 2.45) is 25.9 Å². The highest BCUT2D eigenvalue weighted by Gasteiger charge is 2.29. The molecule has 8 nitrogen and oxygen atoms in total. The maximum absolute atomic E-state index is 12.9. The van der Waals surface area contributed by atoms with Gasteiger partial charge in [-0.15, -0.1) is 5.10 Å². The Labute approximate surface area is 241 Å². The molecular weight excluding hydrogens is 546 g/mol. The first-order valence-corrected chi connectivity index (χ1v) is 14.0. The van der Waals surface area contributed by atoms with Crippen LogP contribution in [-0.2, 0) is 4.79 Å². The lowest BCUT2D eigenvalue weighted by Crippen LogP contribution is -2.39. The molecule has 2 N–H and O–H groups in total. The molecule has 0 aliphatic carbocycles. The van der Waals surface area contributed by atoms with Crippen molar-refractivity contribution in [1.29, 1.82) is 0 Å². The fraction of sp³-hybridized carbons (Fsp3) is 0.233. The molecule has 4 rings (SSSR count). The lowest BCUT2D eigenvalue weighted by atomic mass is 9.96. The minimum absolute atomic E-state index is 0.00822. The van der Waals surface area contributed by atoms with Crippen LogP contribution < -0.4 is 15.4 Å². The SMILES string of the molecule is CCC(C)c1ccccc1N1C(=O)CCS/C1=N\N=C\c1ccc(C(N)=NC=Nc2ccc(OC(F)F)cc2)cc1. The fourth-order valence-electron chi connectivity index (χ4n) is 3.98. The summed E-state index contributed by atoms with van der Waals surface area (Å²) in [6.07, 6.45) is 4.31. The van der Waals surface area contributed by atoms with Crippen molar-refractivity contribution in [2.45, 2.75) is 39.2 Å². The third-order valence-corrected chi connectivity index (χ3v) is 7.26. The monoisotopic (exact) mass is 576 g/mol. The first-order chi connectivity index (χ1) is 19.9. The van der Waals surface area contributed by atoms with Gasteiger partial charge in [-0.25, -0.2) is 9.98 Å². The second-order valence-corrected chi connectivity index (χ2v) is 10.1. The molecule has 1 fully saturated rings. The van der Waals surface area contributed by atoms with Crippen LogP contribution in [0.25, 0.3) is 0 Å². The van der Waals surface area contributed by atoms with Crippen LogP contribution in [0.2, 0.25) is 0 Å². The van der Waals surface area contributed by atoms with Gasteiger partial charge in [0.05, 0.1) is 17.6 Å². The van der Waals surface area contributed by atoms with Crippen LogP contribution in [0.15, 0.2) is 93.0 Å². The molecule has 0 aromatic heterocycles. The number of carbonyl (C=O) groups excluding carboxylic acids is 1. The van der Waals surface area contributed by atoms with Crippen LogP contribution in [0.4, 0.5) is 20.2 Å². The molecule has 1 amide bonds. The number of alkyl halides is 2. The maximum Gasteiger partial charge on any atom is 0.387 e. The molecule has 3 aromatic rings. The quantitative estimate of drug-likeness (QED) is 0.164. The Kier molecular flexibility index (Phi) is 10.3. The zero-order valence-electron chi connectivity index (χ0n) is 22.7. The molecule has 1 aliphatic rings. The number of hydrogen-bond donors (Lipinski definition) is 1. The Bertz CT molecular complexity index is 1460. The standard InChI is InChI=1S/C30H30F2N6O2S/c1-3-20(2)25-6-4-5-7-26(25)38-27(39)16-17-41-30(38)37-36-18-21-8-10-22(11-9-21)28(33)35-19-34-23-12-14-24(15-13-23)40-29(31)32/h4-15,18-20,29H,3,16-17H2,1-2H3,(H2,33,34,35)/b36-18+,37-30-. The highest BCUT2D eigenvalue weighted by atomic mass is 32.2. The molecule has 212 valence electrons. The topological polar surface area (TPSA) is 105 Å². The van der Waals surface area contributed by atoms with Gasteiger partial charge in [-0.3, -0.25) is 9.69 Å². The van der Waals surface area contributed by atoms with E-state index in [1.165, 1.54) is 42.4 Å². The number of para-hydroxylation sites is 1. The summed E-state index contributed by atoms with van der Waals surface area (Å²) in [5, 5.41) is 9.22. The minimum atomic E-state index is -2.88. The highest BCUT2D eigenvalue weighted by Crippen LogP contribution is 2.34. The van der Waals surface area contributed by atoms with Crippen LogP contribution in [0, 0.1) is 0 Å². The number of amides is 1. The van der Waals surface area contributed by atoms with E-state index in [9.17, 15) is 13.6 Å². The van der Waals surface area contributed by atoms with Crippen LogP contribution in [-0.4, -0.2) is 41.8 Å². The number of aliphatic imine (C=N–C) groups is 2. The number of thioether (sulfide) groups is 1. The number of amidine groups is 2. The van der Waals surface area contributed by atoms with E-state index >= 15 is 0 Å². The number of nitrogens with zero attached hydrogens (tertiary/aromatic N) is 5. The molecule has 1 atom stereocenters. The van der Waals surface area contributed by atoms with Gasteiger partial charge in [-0.2, -0.15) is 13.9 Å². The van der Waals surface area contributed by atoms with Crippen molar-refractivity contribution in [3.05, 3.63) is 89.5 Å². The Morgan fingerprint density at radius 3 is 2.54 bits per heavy atom. The van der Waals surface area contributed by atoms with Gasteiger partial charge in [0.1, 0.15) is 17.9 Å². The number of rotatable bonds is 10. The molecule has 11 heteroatoms. The molecule has 1 saturated heterocycles. The van der Waals surface area contributed by atoms with Gasteiger partial charge in [0.15, 0.2) is 5.17 Å². The first-order valence-electron chi connectivity index (χ1n) is 13.0. The largest absolute Gasteiger partial charge is 0.435 e. The minimum Gasteiger partial charge on any atom is -0.435 e. The second-order valence-electron chi connectivity index (χ2n) is 9.08. The molecule has 1 heterocycles. The van der Waals surface area contributed by atoms with Gasteiger partial charge >= 0.3 is 6.61 Å². The zero-order valence-corrected chi connectivity index (χ0v) is 23.5. The predicted molar refractivity (Wildman–Crippen MR) is 163 cm³/mol. The molecular formula is C30H30F2N6O2S. The van der Waals surface area contributed by atoms with Crippen LogP contribution in [0.5, 0.6) is 5.75 Å². The average Bonchev–Trinajstić information content (AvgIpc) is 2.98. The summed E-state index contributed by atoms with van der Waals surface area (Å²) in [5.41, 5.74) is 10.0. The highest BCUT2D eigenvalue weighted by molar-refractivity contribution is 8.14. The van der Waals surface area contributed by atoms with E-state index in [1.54, 1.807) is 23.2 Å². The van der Waals surface area contributed by atoms with E-state index in [4.69, 9.17) is 5.73 Å². The molecule has 0 spiro atoms. The normalized spacial score (nSPS) is 16.3. The van der Waals surface area contributed by atoms with E-state index < -0.39 is 6.61 Å². The summed E-state index contributed by atoms with van der Waals surface area (Å²) in [5.74, 6) is 1.27. The number of ether oxygens (including phenoxy) is 1. The van der Waals surface area contributed by atoms with Crippen LogP contribution in [0.1, 0.15) is 49.3 Å². The Morgan fingerprint density at radius 1 is 1.10 bits per heavy atom. The molecule has 0 saturated carbocycles. The Hall–Kier alpha value is -4.38. The van der Waals surface area contributed by atoms with E-state index in [1.807, 2.05) is 30.3 Å². The summed E-state index contributed by atoms with van der Waals surface area (Å²) in [6.45, 7) is 1.40. The van der Waals surface area contributed by atoms with E-state index in [0.717, 1.165) is 23.2 Å². The molecule has 1 unspecified atom stereocenters. The molecule has 41 heavy (non-hydrogen) atoms. The van der Waals surface area contributed by atoms with Gasteiger partial charge in [-0.05, 0) is 53.8 Å². The summed E-state index contributed by atoms with van der Waals surface area (Å²) in [6, 6.07) is 21.0. The summed E-state index contributed by atoms with van der Waals surface area (Å²) in [4.78, 5) is 22.9. The third kappa shape index (κ3) is 8.07. The second kappa shape index (κ2) is 14.3. The lowest BCUT2D eigenvalue weighted by Gasteiger charge is -2.30.